The summed E-state index contributed by atoms with van der Waals surface area (Å²) in [6, 6.07) is -0.256. The van der Waals surface area contributed by atoms with Crippen molar-refractivity contribution in [2.45, 2.75) is 44.1 Å². The second-order valence-electron chi connectivity index (χ2n) is 7.81. The van der Waals surface area contributed by atoms with Crippen LogP contribution in [-0.2, 0) is 18.8 Å². The van der Waals surface area contributed by atoms with E-state index in [2.05, 4.69) is 33.9 Å². The Kier molecular flexibility index (Phi) is 5.50. The second-order valence-corrected chi connectivity index (χ2v) is 8.57. The molecule has 0 bridgehead atoms. The fourth-order valence-corrected chi connectivity index (χ4v) is 4.71. The Labute approximate surface area is 187 Å². The van der Waals surface area contributed by atoms with Gasteiger partial charge in [-0.15, -0.1) is 10.2 Å². The Morgan fingerprint density at radius 2 is 2.29 bits per heavy atom. The first-order valence-electron chi connectivity index (χ1n) is 10.3. The minimum absolute atomic E-state index is 0.0495. The molecule has 2 aromatic rings. The zero-order valence-electron chi connectivity index (χ0n) is 16.8. The van der Waals surface area contributed by atoms with Gasteiger partial charge in [-0.3, -0.25) is 4.79 Å². The van der Waals surface area contributed by atoms with Gasteiger partial charge in [0.05, 0.1) is 41.6 Å². The highest BCUT2D eigenvalue weighted by atomic mass is 32.1. The first-order chi connectivity index (χ1) is 15.2. The van der Waals surface area contributed by atoms with E-state index in [0.717, 1.165) is 41.8 Å². The van der Waals surface area contributed by atoms with Crippen LogP contribution < -0.4 is 0 Å². The fraction of sp³-hybridized carbons (Fsp3) is 0.400. The number of aromatic nitrogens is 4. The van der Waals surface area contributed by atoms with Crippen molar-refractivity contribution in [3.8, 4) is 0 Å². The average Bonchev–Trinajstić information content (AvgIpc) is 3.40. The molecule has 1 saturated carbocycles. The van der Waals surface area contributed by atoms with E-state index in [4.69, 9.17) is 16.8 Å². The lowest BCUT2D eigenvalue weighted by atomic mass is 9.85. The molecular formula is C20H22N7O2PS. The smallest absolute Gasteiger partial charge is 0.311 e. The number of nitrogens with one attached hydrogen (secondary N) is 1. The quantitative estimate of drug-likeness (QED) is 0.690. The summed E-state index contributed by atoms with van der Waals surface area (Å²) in [6.45, 7) is 0.544. The van der Waals surface area contributed by atoms with Crippen molar-refractivity contribution in [2.75, 3.05) is 6.54 Å². The number of carbonyl (C=O) groups is 1. The van der Waals surface area contributed by atoms with E-state index in [1.54, 1.807) is 16.2 Å². The molecule has 3 aliphatic rings. The van der Waals surface area contributed by atoms with Gasteiger partial charge in [0.2, 0.25) is 5.89 Å². The number of aromatic amines is 1. The maximum Gasteiger partial charge on any atom is 0.311 e. The average molecular weight is 455 g/mol. The lowest BCUT2D eigenvalue weighted by molar-refractivity contribution is 0.0612. The Hall–Kier alpha value is -2.71. The summed E-state index contributed by atoms with van der Waals surface area (Å²) in [4.78, 5) is 22.8. The second kappa shape index (κ2) is 8.43. The van der Waals surface area contributed by atoms with Crippen LogP contribution in [0.4, 0.5) is 0 Å². The van der Waals surface area contributed by atoms with Gasteiger partial charge in [0, 0.05) is 24.6 Å². The summed E-state index contributed by atoms with van der Waals surface area (Å²) in [5.41, 5.74) is 3.61. The SMILES string of the molecule is O=C(c1nnc(C2CCC2)o1)N1CCc2[nH]cnc2[C@@H]1C/C=C1/C=CC=C(P)N1N=S. The minimum Gasteiger partial charge on any atom is -0.417 e. The van der Waals surface area contributed by atoms with Gasteiger partial charge in [-0.25, -0.2) is 9.99 Å². The third-order valence-corrected chi connectivity index (χ3v) is 6.64. The summed E-state index contributed by atoms with van der Waals surface area (Å²) in [6.07, 6.45) is 14.0. The third-order valence-electron chi connectivity index (χ3n) is 6.04. The van der Waals surface area contributed by atoms with E-state index in [1.807, 2.05) is 24.3 Å². The molecule has 31 heavy (non-hydrogen) atoms. The normalized spacial score (nSPS) is 22.3. The number of fused-ring (bicyclic) bond motifs is 1. The number of carbonyl (C=O) groups excluding carboxylic acids is 1. The molecule has 2 atom stereocenters. The van der Waals surface area contributed by atoms with Crippen LogP contribution in [0, 0.1) is 0 Å². The van der Waals surface area contributed by atoms with Crippen LogP contribution in [0.15, 0.2) is 50.7 Å². The summed E-state index contributed by atoms with van der Waals surface area (Å²) in [5.74, 6) is 0.647. The molecule has 4 heterocycles. The summed E-state index contributed by atoms with van der Waals surface area (Å²) in [7, 11) is 2.62. The molecule has 1 fully saturated rings. The van der Waals surface area contributed by atoms with E-state index in [0.29, 0.717) is 25.3 Å². The molecule has 0 saturated heterocycles. The molecule has 0 aromatic carbocycles. The largest absolute Gasteiger partial charge is 0.417 e. The van der Waals surface area contributed by atoms with Crippen molar-refractivity contribution in [1.29, 1.82) is 0 Å². The predicted octanol–water partition coefficient (Wildman–Crippen LogP) is 3.31. The summed E-state index contributed by atoms with van der Waals surface area (Å²) in [5, 5.41) is 9.83. The highest BCUT2D eigenvalue weighted by Gasteiger charge is 2.36. The molecular weight excluding hydrogens is 433 g/mol. The number of imidazole rings is 1. The molecule has 2 aliphatic heterocycles. The number of hydrogen-bond donors (Lipinski definition) is 1. The number of amides is 1. The van der Waals surface area contributed by atoms with Crippen LogP contribution in [0.25, 0.3) is 0 Å². The first-order valence-corrected chi connectivity index (χ1v) is 11.2. The Morgan fingerprint density at radius 1 is 1.42 bits per heavy atom. The van der Waals surface area contributed by atoms with Crippen LogP contribution in [0.2, 0.25) is 0 Å². The highest BCUT2D eigenvalue weighted by molar-refractivity contribution is 7.47. The number of allylic oxidation sites excluding steroid dienone is 3. The minimum atomic E-state index is -0.259. The molecule has 5 rings (SSSR count). The van der Waals surface area contributed by atoms with Crippen molar-refractivity contribution < 1.29 is 9.21 Å². The topological polar surface area (TPSA) is 104 Å². The Morgan fingerprint density at radius 3 is 3.06 bits per heavy atom. The van der Waals surface area contributed by atoms with E-state index in [-0.39, 0.29) is 23.8 Å². The number of nitrogens with zero attached hydrogens (tertiary/aromatic N) is 6. The third kappa shape index (κ3) is 3.74. The van der Waals surface area contributed by atoms with Crippen molar-refractivity contribution in [3.63, 3.8) is 0 Å². The van der Waals surface area contributed by atoms with E-state index >= 15 is 0 Å². The molecule has 1 amide bonds. The number of H-pyrrole nitrogens is 1. The van der Waals surface area contributed by atoms with Gasteiger partial charge >= 0.3 is 11.8 Å². The van der Waals surface area contributed by atoms with Gasteiger partial charge in [-0.2, -0.15) is 0 Å². The molecule has 0 spiro atoms. The van der Waals surface area contributed by atoms with Crippen molar-refractivity contribution in [3.05, 3.63) is 64.9 Å². The molecule has 11 heteroatoms. The van der Waals surface area contributed by atoms with Gasteiger partial charge in [0.1, 0.15) is 0 Å². The van der Waals surface area contributed by atoms with Gasteiger partial charge in [-0.1, -0.05) is 32.3 Å². The monoisotopic (exact) mass is 455 g/mol. The summed E-state index contributed by atoms with van der Waals surface area (Å²) < 4.78 is 9.66. The standard InChI is InChI=1S/C20H22N7O2PS/c28-20(19-24-23-18(29-19)12-3-1-4-12)26-10-9-14-17(22-11-21-14)15(26)8-7-13-5-2-6-16(30)27(13)25-31/h2,5-7,11-12,15H,1,3-4,8-10,30H2,(H,21,22)/b13-7-/t15-/m0/s1. The maximum atomic E-state index is 13.3. The fourth-order valence-electron chi connectivity index (χ4n) is 4.12. The molecule has 2 aromatic heterocycles. The Bertz CT molecular complexity index is 1100. The predicted molar refractivity (Wildman–Crippen MR) is 118 cm³/mol. The van der Waals surface area contributed by atoms with Crippen LogP contribution >= 0.6 is 9.24 Å². The van der Waals surface area contributed by atoms with Crippen LogP contribution in [0.1, 0.15) is 65.6 Å². The van der Waals surface area contributed by atoms with Crippen molar-refractivity contribution in [1.82, 2.24) is 30.1 Å². The van der Waals surface area contributed by atoms with Crippen LogP contribution in [-0.4, -0.2) is 42.5 Å². The molecule has 0 radical (unpaired) electrons. The van der Waals surface area contributed by atoms with Crippen LogP contribution in [0.3, 0.4) is 0 Å². The lowest BCUT2D eigenvalue weighted by Crippen LogP contribution is -2.40. The van der Waals surface area contributed by atoms with Crippen molar-refractivity contribution in [2.24, 2.45) is 4.47 Å². The number of rotatable bonds is 5. The van der Waals surface area contributed by atoms with Gasteiger partial charge in [0.15, 0.2) is 0 Å². The van der Waals surface area contributed by atoms with Gasteiger partial charge in [0.25, 0.3) is 0 Å². The highest BCUT2D eigenvalue weighted by Crippen LogP contribution is 2.37. The molecule has 160 valence electrons. The molecule has 1 N–H and O–H groups in total. The lowest BCUT2D eigenvalue weighted by Gasteiger charge is -2.34. The van der Waals surface area contributed by atoms with Gasteiger partial charge < -0.3 is 14.3 Å². The molecule has 9 nitrogen and oxygen atoms in total. The zero-order valence-corrected chi connectivity index (χ0v) is 18.7. The Balaban J connectivity index is 1.41. The maximum absolute atomic E-state index is 13.3. The zero-order chi connectivity index (χ0) is 21.4. The van der Waals surface area contributed by atoms with E-state index in [9.17, 15) is 4.79 Å². The van der Waals surface area contributed by atoms with Gasteiger partial charge in [-0.05, 0) is 31.4 Å². The first kappa shape index (κ1) is 20.2. The molecule has 1 aliphatic carbocycles. The van der Waals surface area contributed by atoms with Crippen molar-refractivity contribution >= 4 is 27.6 Å². The number of hydrogen-bond acceptors (Lipinski definition) is 7. The van der Waals surface area contributed by atoms with E-state index < -0.39 is 0 Å². The molecule has 1 unspecified atom stereocenters. The van der Waals surface area contributed by atoms with E-state index in [1.165, 1.54) is 0 Å². The van der Waals surface area contributed by atoms with Crippen LogP contribution in [0.5, 0.6) is 0 Å². The summed E-state index contributed by atoms with van der Waals surface area (Å²) >= 11 is 4.93.